The smallest absolute Gasteiger partial charge is 0.305 e. The molecule has 26 heavy (non-hydrogen) atoms. The van der Waals surface area contributed by atoms with Gasteiger partial charge in [-0.05, 0) is 25.0 Å². The summed E-state index contributed by atoms with van der Waals surface area (Å²) in [6.45, 7) is 0. The van der Waals surface area contributed by atoms with Crippen molar-refractivity contribution in [1.29, 1.82) is 0 Å². The highest BCUT2D eigenvalue weighted by atomic mass is 19.4. The van der Waals surface area contributed by atoms with Crippen LogP contribution < -0.4 is 5.69 Å². The van der Waals surface area contributed by atoms with Gasteiger partial charge in [0.1, 0.15) is 0 Å². The first kappa shape index (κ1) is 15.1. The Balaban J connectivity index is 1.75. The average molecular weight is 360 g/mol. The summed E-state index contributed by atoms with van der Waals surface area (Å²) in [6.07, 6.45) is 0.901. The summed E-state index contributed by atoms with van der Waals surface area (Å²) < 4.78 is 42.5. The Kier molecular flexibility index (Phi) is 2.87. The molecule has 0 atom stereocenters. The van der Waals surface area contributed by atoms with Crippen LogP contribution in [0.25, 0.3) is 27.9 Å². The zero-order chi connectivity index (χ0) is 18.1. The van der Waals surface area contributed by atoms with Crippen molar-refractivity contribution in [1.82, 2.24) is 29.4 Å². The molecular formula is C16H11F3N6O. The molecule has 0 spiro atoms. The number of rotatable bonds is 2. The van der Waals surface area contributed by atoms with E-state index in [4.69, 9.17) is 0 Å². The minimum absolute atomic E-state index is 0.0732. The minimum Gasteiger partial charge on any atom is -0.305 e. The van der Waals surface area contributed by atoms with Gasteiger partial charge in [0, 0.05) is 11.6 Å². The molecule has 0 radical (unpaired) electrons. The van der Waals surface area contributed by atoms with Gasteiger partial charge in [-0.3, -0.25) is 4.68 Å². The average Bonchev–Trinajstić information content (AvgIpc) is 3.15. The second-order valence-corrected chi connectivity index (χ2v) is 6.27. The second-order valence-electron chi connectivity index (χ2n) is 6.27. The third kappa shape index (κ3) is 2.21. The topological polar surface area (TPSA) is 80.9 Å². The maximum atomic E-state index is 13.2. The van der Waals surface area contributed by atoms with Crippen molar-refractivity contribution < 1.29 is 13.2 Å². The molecule has 1 N–H and O–H groups in total. The zero-order valence-corrected chi connectivity index (χ0v) is 13.2. The van der Waals surface area contributed by atoms with Gasteiger partial charge in [0.2, 0.25) is 0 Å². The van der Waals surface area contributed by atoms with Crippen LogP contribution in [0.4, 0.5) is 13.2 Å². The van der Waals surface area contributed by atoms with Gasteiger partial charge < -0.3 is 4.98 Å². The number of hydrogen-bond donors (Lipinski definition) is 1. The maximum Gasteiger partial charge on any atom is 0.418 e. The standard InChI is InChI=1S/C16H11F3N6O/c17-16(18,19)11-3-1-2-10-12(11)21-15(26)25-14(10)22-13(23-25)8-6-20-24(7-8)9-4-5-9/h1-3,6-7,9H,4-5H2,(H,21,26). The first-order valence-corrected chi connectivity index (χ1v) is 7.95. The van der Waals surface area contributed by atoms with Gasteiger partial charge in [0.25, 0.3) is 0 Å². The van der Waals surface area contributed by atoms with E-state index in [1.807, 2.05) is 4.68 Å². The lowest BCUT2D eigenvalue weighted by molar-refractivity contribution is -0.136. The van der Waals surface area contributed by atoms with Crippen LogP contribution in [0.2, 0.25) is 0 Å². The number of aromatic amines is 1. The summed E-state index contributed by atoms with van der Waals surface area (Å²) in [4.78, 5) is 18.8. The molecule has 0 unspecified atom stereocenters. The third-order valence-electron chi connectivity index (χ3n) is 4.42. The lowest BCUT2D eigenvalue weighted by Gasteiger charge is -2.09. The summed E-state index contributed by atoms with van der Waals surface area (Å²) in [7, 11) is 0. The van der Waals surface area contributed by atoms with Gasteiger partial charge in [-0.1, -0.05) is 6.07 Å². The van der Waals surface area contributed by atoms with E-state index in [1.54, 1.807) is 12.4 Å². The molecule has 1 aromatic carbocycles. The molecule has 1 fully saturated rings. The van der Waals surface area contributed by atoms with Gasteiger partial charge in [-0.2, -0.15) is 22.8 Å². The number of benzene rings is 1. The second kappa shape index (κ2) is 4.93. The molecule has 4 aromatic rings. The lowest BCUT2D eigenvalue weighted by Crippen LogP contribution is -2.19. The van der Waals surface area contributed by atoms with Gasteiger partial charge >= 0.3 is 11.9 Å². The van der Waals surface area contributed by atoms with Crippen LogP contribution >= 0.6 is 0 Å². The molecule has 0 aliphatic heterocycles. The van der Waals surface area contributed by atoms with E-state index in [-0.39, 0.29) is 22.4 Å². The molecule has 132 valence electrons. The van der Waals surface area contributed by atoms with E-state index in [0.29, 0.717) is 11.6 Å². The highest BCUT2D eigenvalue weighted by Crippen LogP contribution is 2.36. The quantitative estimate of drug-likeness (QED) is 0.596. The minimum atomic E-state index is -4.59. The van der Waals surface area contributed by atoms with Crippen LogP contribution in [-0.4, -0.2) is 29.4 Å². The van der Waals surface area contributed by atoms with Gasteiger partial charge in [0.05, 0.1) is 28.9 Å². The molecule has 0 amide bonds. The third-order valence-corrected chi connectivity index (χ3v) is 4.42. The SMILES string of the molecule is O=c1[nH]c2c(C(F)(F)F)cccc2c2nc(-c3cnn(C4CC4)c3)nn12. The zero-order valence-electron chi connectivity index (χ0n) is 13.2. The number of para-hydroxylation sites is 1. The Morgan fingerprint density at radius 1 is 1.23 bits per heavy atom. The summed E-state index contributed by atoms with van der Waals surface area (Å²) in [5.41, 5.74) is -1.31. The number of aromatic nitrogens is 6. The highest BCUT2D eigenvalue weighted by molar-refractivity contribution is 5.93. The molecule has 10 heteroatoms. The Hall–Kier alpha value is -3.17. The Bertz CT molecular complexity index is 1210. The van der Waals surface area contributed by atoms with E-state index in [1.165, 1.54) is 12.1 Å². The number of halogens is 3. The van der Waals surface area contributed by atoms with Crippen LogP contribution in [0, 0.1) is 0 Å². The fourth-order valence-electron chi connectivity index (χ4n) is 3.01. The van der Waals surface area contributed by atoms with Crippen molar-refractivity contribution in [3.63, 3.8) is 0 Å². The van der Waals surface area contributed by atoms with Gasteiger partial charge in [0.15, 0.2) is 11.5 Å². The molecule has 5 rings (SSSR count). The van der Waals surface area contributed by atoms with Crippen LogP contribution in [0.1, 0.15) is 24.4 Å². The number of nitrogens with zero attached hydrogens (tertiary/aromatic N) is 5. The normalized spacial score (nSPS) is 15.2. The number of H-pyrrole nitrogens is 1. The molecule has 3 aromatic heterocycles. The van der Waals surface area contributed by atoms with Crippen molar-refractivity contribution in [2.45, 2.75) is 25.1 Å². The molecular weight excluding hydrogens is 349 g/mol. The number of hydrogen-bond acceptors (Lipinski definition) is 4. The van der Waals surface area contributed by atoms with Crippen molar-refractivity contribution in [2.75, 3.05) is 0 Å². The van der Waals surface area contributed by atoms with Crippen LogP contribution in [0.3, 0.4) is 0 Å². The van der Waals surface area contributed by atoms with Crippen molar-refractivity contribution in [2.24, 2.45) is 0 Å². The Morgan fingerprint density at radius 2 is 2.04 bits per heavy atom. The first-order valence-electron chi connectivity index (χ1n) is 7.95. The summed E-state index contributed by atoms with van der Waals surface area (Å²) in [5.74, 6) is 0.243. The molecule has 1 aliphatic rings. The predicted octanol–water partition coefficient (Wildman–Crippen LogP) is 2.79. The molecule has 3 heterocycles. The molecule has 1 aliphatic carbocycles. The van der Waals surface area contributed by atoms with E-state index in [0.717, 1.165) is 23.4 Å². The Morgan fingerprint density at radius 3 is 2.77 bits per heavy atom. The summed E-state index contributed by atoms with van der Waals surface area (Å²) in [5, 5.41) is 8.57. The maximum absolute atomic E-state index is 13.2. The molecule has 0 bridgehead atoms. The first-order chi connectivity index (χ1) is 12.4. The van der Waals surface area contributed by atoms with Crippen molar-refractivity contribution in [3.05, 3.63) is 46.6 Å². The van der Waals surface area contributed by atoms with Gasteiger partial charge in [-0.15, -0.1) is 5.10 Å². The van der Waals surface area contributed by atoms with Crippen LogP contribution in [0.15, 0.2) is 35.4 Å². The summed E-state index contributed by atoms with van der Waals surface area (Å²) >= 11 is 0. The Labute approximate surface area is 143 Å². The highest BCUT2D eigenvalue weighted by Gasteiger charge is 2.33. The molecule has 0 saturated heterocycles. The number of alkyl halides is 3. The van der Waals surface area contributed by atoms with E-state index in [2.05, 4.69) is 20.2 Å². The van der Waals surface area contributed by atoms with E-state index < -0.39 is 17.4 Å². The lowest BCUT2D eigenvalue weighted by atomic mass is 10.1. The van der Waals surface area contributed by atoms with Gasteiger partial charge in [-0.25, -0.2) is 9.78 Å². The molecule has 1 saturated carbocycles. The van der Waals surface area contributed by atoms with E-state index >= 15 is 0 Å². The number of nitrogens with one attached hydrogen (secondary N) is 1. The number of fused-ring (bicyclic) bond motifs is 3. The summed E-state index contributed by atoms with van der Waals surface area (Å²) in [6, 6.07) is 4.05. The molecule has 7 nitrogen and oxygen atoms in total. The fourth-order valence-corrected chi connectivity index (χ4v) is 3.01. The van der Waals surface area contributed by atoms with Crippen molar-refractivity contribution in [3.8, 4) is 11.4 Å². The van der Waals surface area contributed by atoms with Crippen LogP contribution in [0.5, 0.6) is 0 Å². The fraction of sp³-hybridized carbons (Fsp3) is 0.250. The van der Waals surface area contributed by atoms with Crippen LogP contribution in [-0.2, 0) is 6.18 Å². The van der Waals surface area contributed by atoms with E-state index in [9.17, 15) is 18.0 Å². The predicted molar refractivity (Wildman–Crippen MR) is 85.6 cm³/mol. The largest absolute Gasteiger partial charge is 0.418 e. The van der Waals surface area contributed by atoms with Crippen molar-refractivity contribution >= 4 is 16.6 Å². The monoisotopic (exact) mass is 360 g/mol.